The van der Waals surface area contributed by atoms with Crippen molar-refractivity contribution < 1.29 is 14.3 Å². The first kappa shape index (κ1) is 13.7. The smallest absolute Gasteiger partial charge is 0.251 e. The van der Waals surface area contributed by atoms with Gasteiger partial charge in [-0.3, -0.25) is 4.79 Å². The van der Waals surface area contributed by atoms with Crippen molar-refractivity contribution in [2.75, 3.05) is 13.2 Å². The van der Waals surface area contributed by atoms with Crippen LogP contribution in [0.2, 0.25) is 0 Å². The van der Waals surface area contributed by atoms with Gasteiger partial charge in [0.25, 0.3) is 5.91 Å². The van der Waals surface area contributed by atoms with E-state index in [4.69, 9.17) is 15.2 Å². The fourth-order valence-corrected chi connectivity index (χ4v) is 1.66. The van der Waals surface area contributed by atoms with E-state index in [1.807, 2.05) is 20.8 Å². The molecule has 1 unspecified atom stereocenters. The number of rotatable bonds is 3. The molecule has 0 aromatic heterocycles. The molecular weight excluding hydrogens is 244 g/mol. The van der Waals surface area contributed by atoms with Gasteiger partial charge >= 0.3 is 0 Å². The summed E-state index contributed by atoms with van der Waals surface area (Å²) in [5.41, 5.74) is 5.92. The highest BCUT2D eigenvalue weighted by atomic mass is 16.6. The molecule has 0 spiro atoms. The molecular formula is C14H20N2O3. The number of nitrogens with two attached hydrogens (primary N) is 1. The average Bonchev–Trinajstić information content (AvgIpc) is 2.37. The second kappa shape index (κ2) is 5.09. The summed E-state index contributed by atoms with van der Waals surface area (Å²) in [6.07, 6.45) is 0. The van der Waals surface area contributed by atoms with Gasteiger partial charge in [-0.25, -0.2) is 0 Å². The normalized spacial score (nSPS) is 15.8. The van der Waals surface area contributed by atoms with Crippen LogP contribution in [0.15, 0.2) is 18.2 Å². The van der Waals surface area contributed by atoms with E-state index in [0.717, 1.165) is 0 Å². The van der Waals surface area contributed by atoms with Crippen molar-refractivity contribution in [2.24, 2.45) is 5.73 Å². The molecule has 3 N–H and O–H groups in total. The van der Waals surface area contributed by atoms with Crippen LogP contribution < -0.4 is 20.5 Å². The Labute approximate surface area is 113 Å². The van der Waals surface area contributed by atoms with Crippen LogP contribution in [0, 0.1) is 0 Å². The van der Waals surface area contributed by atoms with Crippen molar-refractivity contribution in [1.29, 1.82) is 0 Å². The minimum Gasteiger partial charge on any atom is -0.486 e. The maximum atomic E-state index is 12.2. The third-order valence-corrected chi connectivity index (χ3v) is 3.38. The topological polar surface area (TPSA) is 73.6 Å². The molecule has 0 bridgehead atoms. The van der Waals surface area contributed by atoms with Crippen LogP contribution in [-0.4, -0.2) is 30.7 Å². The lowest BCUT2D eigenvalue weighted by Gasteiger charge is -2.30. The van der Waals surface area contributed by atoms with E-state index in [1.54, 1.807) is 18.2 Å². The van der Waals surface area contributed by atoms with Gasteiger partial charge in [0.15, 0.2) is 11.5 Å². The van der Waals surface area contributed by atoms with Gasteiger partial charge in [0.1, 0.15) is 13.2 Å². The van der Waals surface area contributed by atoms with Crippen LogP contribution in [0.4, 0.5) is 0 Å². The van der Waals surface area contributed by atoms with Gasteiger partial charge in [0.2, 0.25) is 0 Å². The van der Waals surface area contributed by atoms with Gasteiger partial charge in [-0.15, -0.1) is 0 Å². The van der Waals surface area contributed by atoms with Crippen LogP contribution in [0.1, 0.15) is 31.1 Å². The van der Waals surface area contributed by atoms with Crippen molar-refractivity contribution in [3.05, 3.63) is 23.8 Å². The van der Waals surface area contributed by atoms with Gasteiger partial charge in [-0.1, -0.05) is 0 Å². The number of carbonyl (C=O) groups excluding carboxylic acids is 1. The van der Waals surface area contributed by atoms with E-state index in [0.29, 0.717) is 30.3 Å². The third-order valence-electron chi connectivity index (χ3n) is 3.38. The van der Waals surface area contributed by atoms with E-state index in [-0.39, 0.29) is 11.9 Å². The third kappa shape index (κ3) is 2.98. The monoisotopic (exact) mass is 264 g/mol. The van der Waals surface area contributed by atoms with Crippen molar-refractivity contribution in [3.63, 3.8) is 0 Å². The molecule has 2 rings (SSSR count). The van der Waals surface area contributed by atoms with Crippen molar-refractivity contribution in [3.8, 4) is 11.5 Å². The molecule has 0 radical (unpaired) electrons. The minimum atomic E-state index is -0.468. The first-order chi connectivity index (χ1) is 8.90. The zero-order valence-electron chi connectivity index (χ0n) is 11.5. The van der Waals surface area contributed by atoms with E-state index < -0.39 is 5.54 Å². The standard InChI is InChI=1S/C14H20N2O3/c1-9(15)14(2,3)16-13(17)10-4-5-11-12(8-10)19-7-6-18-11/h4-5,8-9H,6-7,15H2,1-3H3,(H,16,17). The molecule has 19 heavy (non-hydrogen) atoms. The molecule has 1 aromatic carbocycles. The molecule has 0 saturated heterocycles. The zero-order valence-corrected chi connectivity index (χ0v) is 11.5. The Kier molecular flexibility index (Phi) is 3.66. The number of benzene rings is 1. The molecule has 5 heteroatoms. The van der Waals surface area contributed by atoms with Crippen molar-refractivity contribution in [2.45, 2.75) is 32.4 Å². The number of amides is 1. The highest BCUT2D eigenvalue weighted by Gasteiger charge is 2.26. The van der Waals surface area contributed by atoms with Crippen LogP contribution in [0.25, 0.3) is 0 Å². The van der Waals surface area contributed by atoms with Crippen LogP contribution in [0.3, 0.4) is 0 Å². The van der Waals surface area contributed by atoms with Gasteiger partial charge < -0.3 is 20.5 Å². The SMILES string of the molecule is CC(N)C(C)(C)NC(=O)c1ccc2c(c1)OCCO2. The van der Waals surface area contributed by atoms with E-state index in [9.17, 15) is 4.79 Å². The molecule has 0 aliphatic carbocycles. The average molecular weight is 264 g/mol. The number of nitrogens with one attached hydrogen (secondary N) is 1. The van der Waals surface area contributed by atoms with Gasteiger partial charge in [-0.05, 0) is 39.0 Å². The van der Waals surface area contributed by atoms with Gasteiger partial charge in [0, 0.05) is 17.1 Å². The van der Waals surface area contributed by atoms with Crippen LogP contribution in [0.5, 0.6) is 11.5 Å². The second-order valence-electron chi connectivity index (χ2n) is 5.32. The molecule has 0 fully saturated rings. The Morgan fingerprint density at radius 1 is 1.32 bits per heavy atom. The first-order valence-corrected chi connectivity index (χ1v) is 6.38. The first-order valence-electron chi connectivity index (χ1n) is 6.38. The minimum absolute atomic E-state index is 0.145. The summed E-state index contributed by atoms with van der Waals surface area (Å²) < 4.78 is 10.9. The summed E-state index contributed by atoms with van der Waals surface area (Å²) in [6, 6.07) is 5.03. The van der Waals surface area contributed by atoms with Crippen LogP contribution in [-0.2, 0) is 0 Å². The number of carbonyl (C=O) groups is 1. The molecule has 1 atom stereocenters. The Morgan fingerprint density at radius 3 is 2.58 bits per heavy atom. The Hall–Kier alpha value is -1.75. The number of fused-ring (bicyclic) bond motifs is 1. The predicted octanol–water partition coefficient (Wildman–Crippen LogP) is 1.31. The maximum Gasteiger partial charge on any atom is 0.251 e. The molecule has 1 aliphatic heterocycles. The Bertz CT molecular complexity index is 484. The summed E-state index contributed by atoms with van der Waals surface area (Å²) in [7, 11) is 0. The summed E-state index contributed by atoms with van der Waals surface area (Å²) in [4.78, 5) is 12.2. The van der Waals surface area contributed by atoms with Crippen LogP contribution >= 0.6 is 0 Å². The highest BCUT2D eigenvalue weighted by Crippen LogP contribution is 2.30. The molecule has 1 heterocycles. The van der Waals surface area contributed by atoms with E-state index in [2.05, 4.69) is 5.32 Å². The molecule has 5 nitrogen and oxygen atoms in total. The summed E-state index contributed by atoms with van der Waals surface area (Å²) in [5.74, 6) is 1.12. The number of ether oxygens (including phenoxy) is 2. The fourth-order valence-electron chi connectivity index (χ4n) is 1.66. The summed E-state index contributed by atoms with van der Waals surface area (Å²) in [6.45, 7) is 6.70. The summed E-state index contributed by atoms with van der Waals surface area (Å²) in [5, 5.41) is 2.92. The summed E-state index contributed by atoms with van der Waals surface area (Å²) >= 11 is 0. The maximum absolute atomic E-state index is 12.2. The van der Waals surface area contributed by atoms with E-state index >= 15 is 0 Å². The lowest BCUT2D eigenvalue weighted by atomic mass is 9.96. The lowest BCUT2D eigenvalue weighted by Crippen LogP contribution is -2.54. The van der Waals surface area contributed by atoms with Gasteiger partial charge in [-0.2, -0.15) is 0 Å². The molecule has 104 valence electrons. The zero-order chi connectivity index (χ0) is 14.0. The lowest BCUT2D eigenvalue weighted by molar-refractivity contribution is 0.0902. The number of hydrogen-bond acceptors (Lipinski definition) is 4. The predicted molar refractivity (Wildman–Crippen MR) is 72.6 cm³/mol. The van der Waals surface area contributed by atoms with Gasteiger partial charge in [0.05, 0.1) is 0 Å². The Morgan fingerprint density at radius 2 is 1.95 bits per heavy atom. The van der Waals surface area contributed by atoms with E-state index in [1.165, 1.54) is 0 Å². The molecule has 0 saturated carbocycles. The fraction of sp³-hybridized carbons (Fsp3) is 0.500. The van der Waals surface area contributed by atoms with Crippen molar-refractivity contribution >= 4 is 5.91 Å². The van der Waals surface area contributed by atoms with Crippen molar-refractivity contribution in [1.82, 2.24) is 5.32 Å². The largest absolute Gasteiger partial charge is 0.486 e. The highest BCUT2D eigenvalue weighted by molar-refractivity contribution is 5.95. The molecule has 1 aliphatic rings. The molecule has 1 amide bonds. The second-order valence-corrected chi connectivity index (χ2v) is 5.32. The molecule has 1 aromatic rings. The number of hydrogen-bond donors (Lipinski definition) is 2. The Balaban J connectivity index is 2.16. The quantitative estimate of drug-likeness (QED) is 0.863.